The van der Waals surface area contributed by atoms with Crippen LogP contribution in [0.2, 0.25) is 0 Å². The normalized spacial score (nSPS) is 12.9. The van der Waals surface area contributed by atoms with Crippen molar-refractivity contribution < 1.29 is 28.0 Å². The summed E-state index contributed by atoms with van der Waals surface area (Å²) in [6.07, 6.45) is 0.188. The number of amides is 1. The number of ether oxygens (including phenoxy) is 1. The van der Waals surface area contributed by atoms with Gasteiger partial charge in [0.25, 0.3) is 5.69 Å². The first-order valence-corrected chi connectivity index (χ1v) is 12.5. The lowest BCUT2D eigenvalue weighted by molar-refractivity contribution is -0.387. The largest absolute Gasteiger partial charge is 0.497 e. The third-order valence-electron chi connectivity index (χ3n) is 5.56. The van der Waals surface area contributed by atoms with Gasteiger partial charge >= 0.3 is 0 Å². The van der Waals surface area contributed by atoms with E-state index in [0.717, 1.165) is 17.7 Å². The lowest BCUT2D eigenvalue weighted by Gasteiger charge is -2.26. The second kappa shape index (κ2) is 12.2. The molecular weight excluding hydrogens is 486 g/mol. The fraction of sp³-hybridized carbons (Fsp3) is 0.240. The number of nitro benzene ring substituents is 1. The van der Waals surface area contributed by atoms with Crippen LogP contribution in [-0.2, 0) is 27.8 Å². The van der Waals surface area contributed by atoms with Crippen LogP contribution in [0.1, 0.15) is 11.1 Å². The van der Waals surface area contributed by atoms with Gasteiger partial charge in [-0.25, -0.2) is 8.42 Å². The second-order valence-electron chi connectivity index (χ2n) is 8.03. The molecule has 3 aromatic carbocycles. The summed E-state index contributed by atoms with van der Waals surface area (Å²) in [5.41, 5.74) is 0.878. The van der Waals surface area contributed by atoms with E-state index in [1.54, 1.807) is 48.5 Å². The van der Waals surface area contributed by atoms with Crippen LogP contribution >= 0.6 is 0 Å². The van der Waals surface area contributed by atoms with Crippen molar-refractivity contribution in [3.8, 4) is 5.75 Å². The minimum atomic E-state index is -4.50. The molecule has 0 fully saturated rings. The van der Waals surface area contributed by atoms with Crippen molar-refractivity contribution in [2.45, 2.75) is 23.9 Å². The van der Waals surface area contributed by atoms with Gasteiger partial charge in [0.1, 0.15) is 11.8 Å². The van der Waals surface area contributed by atoms with Crippen molar-refractivity contribution in [2.24, 2.45) is 5.92 Å². The number of nitrogens with zero attached hydrogens (tertiary/aromatic N) is 1. The molecule has 0 radical (unpaired) electrons. The highest BCUT2D eigenvalue weighted by Gasteiger charge is 2.35. The highest BCUT2D eigenvalue weighted by Crippen LogP contribution is 2.24. The molecule has 190 valence electrons. The first kappa shape index (κ1) is 26.8. The summed E-state index contributed by atoms with van der Waals surface area (Å²) in [4.78, 5) is 23.3. The SMILES string of the molecule is COc1cccc(CNC(=O)C(NS(=O)(=O)c2ccccc2[N+](=O)[O-])[C@@H](CO)Cc2ccccc2)c1. The van der Waals surface area contributed by atoms with Gasteiger partial charge in [0, 0.05) is 25.1 Å². The Morgan fingerprint density at radius 3 is 2.36 bits per heavy atom. The number of aliphatic hydroxyl groups is 1. The van der Waals surface area contributed by atoms with Crippen molar-refractivity contribution in [3.05, 3.63) is 100 Å². The quantitative estimate of drug-likeness (QED) is 0.249. The molecule has 0 saturated carbocycles. The molecule has 1 amide bonds. The van der Waals surface area contributed by atoms with Gasteiger partial charge in [-0.2, -0.15) is 4.72 Å². The molecule has 0 aromatic heterocycles. The fourth-order valence-electron chi connectivity index (χ4n) is 3.72. The summed E-state index contributed by atoms with van der Waals surface area (Å²) in [5.74, 6) is -0.946. The fourth-order valence-corrected chi connectivity index (χ4v) is 5.15. The van der Waals surface area contributed by atoms with Gasteiger partial charge in [-0.15, -0.1) is 0 Å². The zero-order valence-corrected chi connectivity index (χ0v) is 20.4. The molecule has 0 aliphatic carbocycles. The molecule has 3 rings (SSSR count). The minimum Gasteiger partial charge on any atom is -0.497 e. The maximum atomic E-state index is 13.3. The van der Waals surface area contributed by atoms with Crippen LogP contribution in [0, 0.1) is 16.0 Å². The van der Waals surface area contributed by atoms with Gasteiger partial charge in [0.2, 0.25) is 15.9 Å². The van der Waals surface area contributed by atoms with Crippen LogP contribution in [0.4, 0.5) is 5.69 Å². The molecular formula is C25H27N3O7S. The average Bonchev–Trinajstić information content (AvgIpc) is 2.90. The molecule has 36 heavy (non-hydrogen) atoms. The van der Waals surface area contributed by atoms with Gasteiger partial charge in [0.05, 0.1) is 12.0 Å². The number of carbonyl (C=O) groups is 1. The van der Waals surface area contributed by atoms with Crippen LogP contribution < -0.4 is 14.8 Å². The van der Waals surface area contributed by atoms with E-state index in [-0.39, 0.29) is 13.0 Å². The number of rotatable bonds is 12. The van der Waals surface area contributed by atoms with E-state index < -0.39 is 50.0 Å². The number of nitro groups is 1. The Morgan fingerprint density at radius 1 is 1.03 bits per heavy atom. The number of methoxy groups -OCH3 is 1. The molecule has 0 saturated heterocycles. The van der Waals surface area contributed by atoms with Gasteiger partial charge < -0.3 is 15.2 Å². The predicted molar refractivity (Wildman–Crippen MR) is 133 cm³/mol. The van der Waals surface area contributed by atoms with Gasteiger partial charge in [-0.05, 0) is 35.7 Å². The Balaban J connectivity index is 1.91. The molecule has 0 bridgehead atoms. The van der Waals surface area contributed by atoms with E-state index in [0.29, 0.717) is 11.3 Å². The van der Waals surface area contributed by atoms with Crippen molar-refractivity contribution in [1.82, 2.24) is 10.0 Å². The molecule has 0 aliphatic heterocycles. The van der Waals surface area contributed by atoms with Crippen LogP contribution in [0.3, 0.4) is 0 Å². The van der Waals surface area contributed by atoms with Crippen molar-refractivity contribution in [2.75, 3.05) is 13.7 Å². The Morgan fingerprint density at radius 2 is 1.69 bits per heavy atom. The van der Waals surface area contributed by atoms with Gasteiger partial charge in [-0.3, -0.25) is 14.9 Å². The highest BCUT2D eigenvalue weighted by molar-refractivity contribution is 7.89. The smallest absolute Gasteiger partial charge is 0.289 e. The first-order valence-electron chi connectivity index (χ1n) is 11.1. The lowest BCUT2D eigenvalue weighted by atomic mass is 9.92. The third-order valence-corrected chi connectivity index (χ3v) is 7.05. The average molecular weight is 514 g/mol. The van der Waals surface area contributed by atoms with E-state index in [1.807, 2.05) is 6.07 Å². The van der Waals surface area contributed by atoms with E-state index in [4.69, 9.17) is 4.74 Å². The Hall–Kier alpha value is -3.80. The Kier molecular flexibility index (Phi) is 9.12. The third kappa shape index (κ3) is 6.87. The summed E-state index contributed by atoms with van der Waals surface area (Å²) in [6.45, 7) is -0.436. The molecule has 1 unspecified atom stereocenters. The summed E-state index contributed by atoms with van der Waals surface area (Å²) in [5, 5.41) is 24.2. The van der Waals surface area contributed by atoms with E-state index in [2.05, 4.69) is 10.0 Å². The molecule has 3 N–H and O–H groups in total. The predicted octanol–water partition coefficient (Wildman–Crippen LogP) is 2.42. The molecule has 10 nitrogen and oxygen atoms in total. The molecule has 2 atom stereocenters. The molecule has 0 aliphatic rings. The number of sulfonamides is 1. The number of hydrogen-bond acceptors (Lipinski definition) is 7. The monoisotopic (exact) mass is 513 g/mol. The van der Waals surface area contributed by atoms with E-state index in [9.17, 15) is 28.4 Å². The Labute approximate surface area is 209 Å². The van der Waals surface area contributed by atoms with Gasteiger partial charge in [-0.1, -0.05) is 54.6 Å². The lowest BCUT2D eigenvalue weighted by Crippen LogP contribution is -2.52. The Bertz CT molecular complexity index is 1300. The van der Waals surface area contributed by atoms with E-state index in [1.165, 1.54) is 19.2 Å². The number of para-hydroxylation sites is 1. The summed E-state index contributed by atoms with van der Waals surface area (Å²) < 4.78 is 33.9. The molecule has 3 aromatic rings. The maximum absolute atomic E-state index is 13.3. The van der Waals surface area contributed by atoms with E-state index >= 15 is 0 Å². The summed E-state index contributed by atoms with van der Waals surface area (Å²) in [7, 11) is -2.99. The van der Waals surface area contributed by atoms with Crippen molar-refractivity contribution in [3.63, 3.8) is 0 Å². The summed E-state index contributed by atoms with van der Waals surface area (Å²) >= 11 is 0. The minimum absolute atomic E-state index is 0.0727. The summed E-state index contributed by atoms with van der Waals surface area (Å²) in [6, 6.07) is 19.4. The van der Waals surface area contributed by atoms with Crippen LogP contribution in [0.15, 0.2) is 83.8 Å². The molecule has 0 spiro atoms. The number of aliphatic hydroxyl groups excluding tert-OH is 1. The zero-order valence-electron chi connectivity index (χ0n) is 19.5. The first-order chi connectivity index (χ1) is 17.2. The second-order valence-corrected chi connectivity index (χ2v) is 9.71. The number of benzene rings is 3. The number of carbonyl (C=O) groups excluding carboxylic acids is 1. The molecule has 11 heteroatoms. The standard InChI is InChI=1S/C25H27N3O7S/c1-35-21-11-7-10-19(15-21)16-26-25(30)24(20(17-29)14-18-8-3-2-4-9-18)27-36(33,34)23-13-6-5-12-22(23)28(31)32/h2-13,15,20,24,27,29H,14,16-17H2,1H3,(H,26,30)/t20-,24?/m1/s1. The number of nitrogens with one attached hydrogen (secondary N) is 2. The number of hydrogen-bond donors (Lipinski definition) is 3. The van der Waals surface area contributed by atoms with Crippen molar-refractivity contribution >= 4 is 21.6 Å². The van der Waals surface area contributed by atoms with Gasteiger partial charge in [0.15, 0.2) is 4.90 Å². The highest BCUT2D eigenvalue weighted by atomic mass is 32.2. The van der Waals surface area contributed by atoms with Crippen LogP contribution in [-0.4, -0.2) is 44.1 Å². The van der Waals surface area contributed by atoms with Crippen LogP contribution in [0.25, 0.3) is 0 Å². The zero-order chi connectivity index (χ0) is 26.1. The maximum Gasteiger partial charge on any atom is 0.289 e. The topological polar surface area (TPSA) is 148 Å². The van der Waals surface area contributed by atoms with Crippen molar-refractivity contribution in [1.29, 1.82) is 0 Å². The molecule has 0 heterocycles. The van der Waals surface area contributed by atoms with Crippen LogP contribution in [0.5, 0.6) is 5.75 Å².